The zero-order chi connectivity index (χ0) is 46.1. The first-order chi connectivity index (χ1) is 31.7. The third-order valence-electron chi connectivity index (χ3n) is 11.7. The molecule has 326 valence electrons. The van der Waals surface area contributed by atoms with E-state index in [4.69, 9.17) is 0 Å². The fraction of sp³-hybridized carbons (Fsp3) is 0.0370. The summed E-state index contributed by atoms with van der Waals surface area (Å²) in [6.45, 7) is 0. The molecule has 0 radical (unpaired) electrons. The maximum atomic E-state index is 16.4. The molecule has 0 aliphatic carbocycles. The molecule has 10 aromatic rings. The number of benzene rings is 10. The first kappa shape index (κ1) is 42.1. The lowest BCUT2D eigenvalue weighted by molar-refractivity contribution is -0.137. The van der Waals surface area contributed by atoms with E-state index in [1.165, 1.54) is 34.1 Å². The summed E-state index contributed by atoms with van der Waals surface area (Å²) in [6, 6.07) is 43.5. The second-order valence-electron chi connectivity index (χ2n) is 15.6. The summed E-state index contributed by atoms with van der Waals surface area (Å²) >= 11 is 0. The van der Waals surface area contributed by atoms with Crippen LogP contribution in [0, 0.1) is 23.3 Å². The number of halogens is 10. The van der Waals surface area contributed by atoms with Crippen LogP contribution < -0.4 is 9.80 Å². The van der Waals surface area contributed by atoms with E-state index in [0.717, 1.165) is 47.2 Å². The van der Waals surface area contributed by atoms with Gasteiger partial charge in [-0.15, -0.1) is 0 Å². The molecular weight excluding hydrogens is 867 g/mol. The van der Waals surface area contributed by atoms with E-state index < -0.39 is 69.0 Å². The predicted molar refractivity (Wildman–Crippen MR) is 240 cm³/mol. The monoisotopic (exact) mass is 896 g/mol. The molecule has 0 fully saturated rings. The molecule has 10 rings (SSSR count). The topological polar surface area (TPSA) is 6.48 Å². The van der Waals surface area contributed by atoms with Gasteiger partial charge in [0.05, 0.1) is 33.9 Å². The SMILES string of the molecule is Fc1cc(F)c(N(c2ccccc2)c2ccc3ccc4c(N(c5ccccc5)c5cc(-c6ccccc6C(F)(F)F)c(F)cc5F)ccc5ccc2c3c54)cc1-c1ccccc1C(F)(F)F. The van der Waals surface area contributed by atoms with Crippen LogP contribution in [-0.4, -0.2) is 0 Å². The zero-order valence-corrected chi connectivity index (χ0v) is 34.0. The number of para-hydroxylation sites is 2. The molecule has 0 amide bonds. The number of hydrogen-bond acceptors (Lipinski definition) is 2. The number of nitrogens with zero attached hydrogens (tertiary/aromatic N) is 2. The highest BCUT2D eigenvalue weighted by molar-refractivity contribution is 6.28. The molecule has 0 spiro atoms. The molecule has 0 heterocycles. The molecule has 0 aromatic heterocycles. The summed E-state index contributed by atoms with van der Waals surface area (Å²) in [5, 5.41) is 3.87. The maximum Gasteiger partial charge on any atom is 0.417 e. The van der Waals surface area contributed by atoms with Crippen LogP contribution in [0.25, 0.3) is 54.6 Å². The summed E-state index contributed by atoms with van der Waals surface area (Å²) < 4.78 is 150. The Bertz CT molecular complexity index is 3230. The number of alkyl halides is 6. The van der Waals surface area contributed by atoms with Crippen molar-refractivity contribution in [2.45, 2.75) is 12.4 Å². The van der Waals surface area contributed by atoms with Gasteiger partial charge in [-0.25, -0.2) is 17.6 Å². The molecule has 66 heavy (non-hydrogen) atoms. The fourth-order valence-electron chi connectivity index (χ4n) is 8.89. The van der Waals surface area contributed by atoms with E-state index in [2.05, 4.69) is 0 Å². The van der Waals surface area contributed by atoms with E-state index >= 15 is 17.6 Å². The van der Waals surface area contributed by atoms with Crippen molar-refractivity contribution in [3.63, 3.8) is 0 Å². The number of hydrogen-bond donors (Lipinski definition) is 0. The second kappa shape index (κ2) is 16.0. The Kier molecular flexibility index (Phi) is 10.2. The van der Waals surface area contributed by atoms with Crippen molar-refractivity contribution in [1.82, 2.24) is 0 Å². The summed E-state index contributed by atoms with van der Waals surface area (Å²) in [6.07, 6.45) is -9.69. The lowest BCUT2D eigenvalue weighted by Crippen LogP contribution is -2.14. The molecule has 12 heteroatoms. The van der Waals surface area contributed by atoms with E-state index in [-0.39, 0.29) is 11.4 Å². The van der Waals surface area contributed by atoms with E-state index in [9.17, 15) is 26.3 Å². The quantitative estimate of drug-likeness (QED) is 0.111. The van der Waals surface area contributed by atoms with Gasteiger partial charge in [0.2, 0.25) is 0 Å². The first-order valence-electron chi connectivity index (χ1n) is 20.4. The summed E-state index contributed by atoms with van der Waals surface area (Å²) in [5.74, 6) is -4.48. The fourth-order valence-corrected chi connectivity index (χ4v) is 8.89. The molecule has 0 unspecified atom stereocenters. The summed E-state index contributed by atoms with van der Waals surface area (Å²) in [7, 11) is 0. The van der Waals surface area contributed by atoms with Crippen LogP contribution in [-0.2, 0) is 12.4 Å². The van der Waals surface area contributed by atoms with Crippen LogP contribution in [0.4, 0.5) is 78.0 Å². The van der Waals surface area contributed by atoms with Crippen molar-refractivity contribution in [2.75, 3.05) is 9.80 Å². The minimum absolute atomic E-state index is 0.241. The van der Waals surface area contributed by atoms with Crippen molar-refractivity contribution < 1.29 is 43.9 Å². The van der Waals surface area contributed by atoms with Crippen molar-refractivity contribution in [3.8, 4) is 22.3 Å². The third-order valence-corrected chi connectivity index (χ3v) is 11.7. The van der Waals surface area contributed by atoms with Gasteiger partial charge in [-0.05, 0) is 93.3 Å². The van der Waals surface area contributed by atoms with E-state index in [1.54, 1.807) is 84.9 Å². The van der Waals surface area contributed by atoms with Gasteiger partial charge < -0.3 is 9.80 Å². The molecule has 0 saturated carbocycles. The Hall–Kier alpha value is -7.86. The van der Waals surface area contributed by atoms with Gasteiger partial charge in [-0.1, -0.05) is 109 Å². The molecule has 0 atom stereocenters. The van der Waals surface area contributed by atoms with Gasteiger partial charge in [0.1, 0.15) is 23.3 Å². The highest BCUT2D eigenvalue weighted by Crippen LogP contribution is 2.50. The molecule has 0 N–H and O–H groups in total. The molecule has 10 aromatic carbocycles. The Balaban J connectivity index is 1.21. The van der Waals surface area contributed by atoms with Crippen molar-refractivity contribution in [3.05, 3.63) is 216 Å². The van der Waals surface area contributed by atoms with Crippen LogP contribution in [0.15, 0.2) is 182 Å². The van der Waals surface area contributed by atoms with Gasteiger partial charge in [0.25, 0.3) is 0 Å². The zero-order valence-electron chi connectivity index (χ0n) is 34.0. The Morgan fingerprint density at radius 3 is 1.03 bits per heavy atom. The first-order valence-corrected chi connectivity index (χ1v) is 20.4. The molecular formula is C54H30F10N2. The lowest BCUT2D eigenvalue weighted by Gasteiger charge is -2.30. The van der Waals surface area contributed by atoms with Gasteiger partial charge in [0, 0.05) is 45.4 Å². The molecule has 0 aliphatic heterocycles. The van der Waals surface area contributed by atoms with Crippen molar-refractivity contribution >= 4 is 66.4 Å². The van der Waals surface area contributed by atoms with E-state index in [0.29, 0.717) is 56.4 Å². The van der Waals surface area contributed by atoms with Crippen LogP contribution in [0.5, 0.6) is 0 Å². The van der Waals surface area contributed by atoms with Crippen molar-refractivity contribution in [1.29, 1.82) is 0 Å². The Morgan fingerprint density at radius 1 is 0.303 bits per heavy atom. The minimum atomic E-state index is -4.85. The average Bonchev–Trinajstić information content (AvgIpc) is 3.30. The van der Waals surface area contributed by atoms with Gasteiger partial charge in [-0.3, -0.25) is 0 Å². The number of rotatable bonds is 8. The van der Waals surface area contributed by atoms with Crippen LogP contribution >= 0.6 is 0 Å². The molecule has 0 bridgehead atoms. The summed E-state index contributed by atoms with van der Waals surface area (Å²) in [4.78, 5) is 3.01. The Labute approximate surface area is 370 Å². The minimum Gasteiger partial charge on any atom is -0.307 e. The summed E-state index contributed by atoms with van der Waals surface area (Å²) in [5.41, 5.74) is -3.00. The molecule has 0 saturated heterocycles. The van der Waals surface area contributed by atoms with Crippen LogP contribution in [0.3, 0.4) is 0 Å². The van der Waals surface area contributed by atoms with E-state index in [1.807, 2.05) is 24.3 Å². The van der Waals surface area contributed by atoms with Crippen LogP contribution in [0.2, 0.25) is 0 Å². The van der Waals surface area contributed by atoms with Gasteiger partial charge in [0.15, 0.2) is 0 Å². The average molecular weight is 897 g/mol. The molecule has 0 aliphatic rings. The van der Waals surface area contributed by atoms with Crippen molar-refractivity contribution in [2.24, 2.45) is 0 Å². The Morgan fingerprint density at radius 2 is 0.652 bits per heavy atom. The standard InChI is InChI=1S/C54H30F10N2/c55-43-29-45(57)49(27-39(43)35-15-7-9-17-41(35)53(59,60)61)65(33-11-3-1-4-12-33)47-25-21-31-20-24-38-48(26-22-32-19-23-37(47)51(31)52(32)38)66(34-13-5-2-6-14-34)50-28-40(44(56)30-46(50)58)36-16-8-10-18-42(36)54(62,63)64/h1-30H. The largest absolute Gasteiger partial charge is 0.417 e. The number of anilines is 6. The highest BCUT2D eigenvalue weighted by atomic mass is 19.4. The normalized spacial score (nSPS) is 12.1. The third kappa shape index (κ3) is 7.18. The predicted octanol–water partition coefficient (Wildman–Crippen LogP) is 17.5. The van der Waals surface area contributed by atoms with Gasteiger partial charge in [-0.2, -0.15) is 26.3 Å². The smallest absolute Gasteiger partial charge is 0.307 e. The maximum absolute atomic E-state index is 16.4. The van der Waals surface area contributed by atoms with Gasteiger partial charge >= 0.3 is 12.4 Å². The lowest BCUT2D eigenvalue weighted by atomic mass is 9.91. The second-order valence-corrected chi connectivity index (χ2v) is 15.6. The van der Waals surface area contributed by atoms with Crippen LogP contribution in [0.1, 0.15) is 11.1 Å². The highest BCUT2D eigenvalue weighted by Gasteiger charge is 2.36. The molecule has 2 nitrogen and oxygen atoms in total.